The predicted molar refractivity (Wildman–Crippen MR) is 302 cm³/mol. The monoisotopic (exact) mass is 964 g/mol. The molecule has 8 bridgehead atoms. The van der Waals surface area contributed by atoms with Gasteiger partial charge < -0.3 is 9.97 Å². The van der Waals surface area contributed by atoms with Crippen molar-refractivity contribution in [1.82, 2.24) is 29.9 Å². The highest BCUT2D eigenvalue weighted by molar-refractivity contribution is 6.20. The number of rotatable bonds is 2. The van der Waals surface area contributed by atoms with Crippen LogP contribution < -0.4 is 0 Å². The van der Waals surface area contributed by atoms with Gasteiger partial charge in [-0.25, -0.2) is 24.8 Å². The van der Waals surface area contributed by atoms with E-state index in [1.807, 2.05) is 72.8 Å². The third-order valence-corrected chi connectivity index (χ3v) is 14.9. The quantitative estimate of drug-likeness (QED) is 0.163. The van der Waals surface area contributed by atoms with E-state index in [0.29, 0.717) is 90.0 Å². The van der Waals surface area contributed by atoms with Gasteiger partial charge in [0, 0.05) is 60.5 Å². The van der Waals surface area contributed by atoms with Crippen molar-refractivity contribution in [1.29, 1.82) is 15.8 Å². The van der Waals surface area contributed by atoms with E-state index in [-0.39, 0.29) is 0 Å². The average Bonchev–Trinajstić information content (AvgIpc) is 4.32. The normalized spacial score (nSPS) is 11.6. The van der Waals surface area contributed by atoms with E-state index in [0.717, 1.165) is 86.9 Å². The fourth-order valence-corrected chi connectivity index (χ4v) is 11.4. The lowest BCUT2D eigenvalue weighted by Gasteiger charge is -2.11. The predicted octanol–water partition coefficient (Wildman–Crippen LogP) is 16.2. The Morgan fingerprint density at radius 1 is 0.368 bits per heavy atom. The molecule has 346 valence electrons. The molecule has 0 saturated heterocycles. The summed E-state index contributed by atoms with van der Waals surface area (Å²) in [6, 6.07) is 67.4. The van der Waals surface area contributed by atoms with E-state index in [9.17, 15) is 15.8 Å². The van der Waals surface area contributed by atoms with E-state index in [1.54, 1.807) is 12.1 Å². The highest BCUT2D eigenvalue weighted by Crippen LogP contribution is 2.50. The van der Waals surface area contributed by atoms with Gasteiger partial charge in [-0.15, -0.1) is 0 Å². The van der Waals surface area contributed by atoms with Crippen molar-refractivity contribution < 1.29 is 0 Å². The maximum absolute atomic E-state index is 10.6. The van der Waals surface area contributed by atoms with Gasteiger partial charge in [0.1, 0.15) is 11.3 Å². The van der Waals surface area contributed by atoms with Crippen LogP contribution in [0.1, 0.15) is 16.7 Å². The molecular formula is C66H32N10. The van der Waals surface area contributed by atoms with Crippen LogP contribution in [0.5, 0.6) is 0 Å². The molecule has 0 spiro atoms. The first kappa shape index (κ1) is 42.4. The summed E-state index contributed by atoms with van der Waals surface area (Å²) in [6.07, 6.45) is 0. The summed E-state index contributed by atoms with van der Waals surface area (Å²) in [5.74, 6) is 0.934. The van der Waals surface area contributed by atoms with Crippen molar-refractivity contribution in [3.63, 3.8) is 0 Å². The van der Waals surface area contributed by atoms with E-state index in [2.05, 4.69) is 130 Å². The van der Waals surface area contributed by atoms with E-state index >= 15 is 0 Å². The fraction of sp³-hybridized carbons (Fsp3) is 0. The summed E-state index contributed by atoms with van der Waals surface area (Å²) in [6.45, 7) is 8.28. The molecule has 0 fully saturated rings. The van der Waals surface area contributed by atoms with Gasteiger partial charge in [-0.05, 0) is 139 Å². The molecule has 0 amide bonds. The lowest BCUT2D eigenvalue weighted by Crippen LogP contribution is -1.90. The average molecular weight is 965 g/mol. The van der Waals surface area contributed by atoms with E-state index < -0.39 is 0 Å². The van der Waals surface area contributed by atoms with Gasteiger partial charge >= 0.3 is 0 Å². The number of hydrogen-bond acceptors (Lipinski definition) is 7. The highest BCUT2D eigenvalue weighted by atomic mass is 15.0. The number of nitrogens with one attached hydrogen (secondary N) is 2. The van der Waals surface area contributed by atoms with Gasteiger partial charge in [0.2, 0.25) is 0 Å². The number of nitrogens with zero attached hydrogens (tertiary/aromatic N) is 8. The van der Waals surface area contributed by atoms with Crippen molar-refractivity contribution in [2.75, 3.05) is 0 Å². The van der Waals surface area contributed by atoms with Gasteiger partial charge in [0.05, 0.1) is 58.3 Å². The largest absolute Gasteiger partial charge is 0.339 e. The SMILES string of the molecule is [C-]#[N+]c1cc(C#N)cc(-c2c3nc(c(-c4cc(C#N)cc(C#N)c4)c4[nH]c(nc5nc(nc6[nH]c2c2cc7ccccc7cc62)-c2cc6ccccc6cc2-5)c2cc5ccccc5cc42)-c2cc4ccccc4cc2-3)c1. The Labute approximate surface area is 432 Å². The van der Waals surface area contributed by atoms with Crippen molar-refractivity contribution >= 4 is 92.6 Å². The summed E-state index contributed by atoms with van der Waals surface area (Å²) in [5.41, 5.74) is 10.4. The fourth-order valence-electron chi connectivity index (χ4n) is 11.4. The molecule has 76 heavy (non-hydrogen) atoms. The zero-order valence-corrected chi connectivity index (χ0v) is 39.9. The molecule has 10 aromatic carbocycles. The van der Waals surface area contributed by atoms with E-state index in [1.165, 1.54) is 0 Å². The minimum absolute atomic E-state index is 0.291. The van der Waals surface area contributed by atoms with Crippen molar-refractivity contribution in [2.24, 2.45) is 0 Å². The Bertz CT molecular complexity index is 4800. The number of benzene rings is 10. The van der Waals surface area contributed by atoms with Gasteiger partial charge in [0.25, 0.3) is 0 Å². The number of fused-ring (bicyclic) bond motifs is 24. The molecule has 10 nitrogen and oxygen atoms in total. The number of aromatic nitrogens is 6. The van der Waals surface area contributed by atoms with Crippen LogP contribution in [0.4, 0.5) is 5.69 Å². The van der Waals surface area contributed by atoms with Crippen molar-refractivity contribution in [3.8, 4) is 85.8 Å². The lowest BCUT2D eigenvalue weighted by molar-refractivity contribution is 1.22. The van der Waals surface area contributed by atoms with Crippen LogP contribution in [0, 0.1) is 40.6 Å². The van der Waals surface area contributed by atoms with Crippen LogP contribution in [0.2, 0.25) is 0 Å². The molecule has 0 saturated carbocycles. The molecule has 10 heteroatoms. The van der Waals surface area contributed by atoms with Crippen LogP contribution in [-0.2, 0) is 0 Å². The molecule has 0 radical (unpaired) electrons. The first-order valence-corrected chi connectivity index (χ1v) is 24.5. The minimum Gasteiger partial charge on any atom is -0.339 e. The summed E-state index contributed by atoms with van der Waals surface area (Å²) < 4.78 is 0. The molecule has 2 aliphatic rings. The Kier molecular flexibility index (Phi) is 8.98. The summed E-state index contributed by atoms with van der Waals surface area (Å²) >= 11 is 0. The molecule has 2 aliphatic heterocycles. The number of H-pyrrole nitrogens is 2. The van der Waals surface area contributed by atoms with Crippen LogP contribution in [0.3, 0.4) is 0 Å². The maximum atomic E-state index is 10.6. The Morgan fingerprint density at radius 2 is 0.724 bits per heavy atom. The molecule has 0 unspecified atom stereocenters. The third-order valence-electron chi connectivity index (χ3n) is 14.9. The van der Waals surface area contributed by atoms with Crippen LogP contribution in [0.15, 0.2) is 182 Å². The van der Waals surface area contributed by atoms with Gasteiger partial charge in [-0.3, -0.25) is 0 Å². The van der Waals surface area contributed by atoms with Crippen molar-refractivity contribution in [2.45, 2.75) is 0 Å². The number of nitriles is 3. The second kappa shape index (κ2) is 16.1. The Balaban J connectivity index is 1.26. The Hall–Kier alpha value is -11.3. The molecular weight excluding hydrogens is 933 g/mol. The van der Waals surface area contributed by atoms with E-state index in [4.69, 9.17) is 26.5 Å². The molecule has 0 aliphatic carbocycles. The zero-order valence-electron chi connectivity index (χ0n) is 39.9. The van der Waals surface area contributed by atoms with Gasteiger partial charge in [-0.2, -0.15) is 15.8 Å². The molecule has 13 aromatic rings. The summed E-state index contributed by atoms with van der Waals surface area (Å²) in [5, 5.41) is 43.1. The first-order chi connectivity index (χ1) is 37.4. The smallest absolute Gasteiger partial charge is 0.189 e. The third kappa shape index (κ3) is 6.43. The Morgan fingerprint density at radius 3 is 1.12 bits per heavy atom. The molecule has 2 N–H and O–H groups in total. The minimum atomic E-state index is 0.291. The molecule has 5 heterocycles. The lowest BCUT2D eigenvalue weighted by atomic mass is 9.91. The second-order valence-electron chi connectivity index (χ2n) is 19.2. The van der Waals surface area contributed by atoms with Crippen molar-refractivity contribution in [3.05, 3.63) is 210 Å². The molecule has 15 rings (SSSR count). The molecule has 3 aromatic heterocycles. The van der Waals surface area contributed by atoms with Gasteiger partial charge in [-0.1, -0.05) is 97.1 Å². The first-order valence-electron chi connectivity index (χ1n) is 24.5. The highest BCUT2D eigenvalue weighted by Gasteiger charge is 2.29. The maximum Gasteiger partial charge on any atom is 0.189 e. The zero-order chi connectivity index (χ0) is 50.8. The van der Waals surface area contributed by atoms with Crippen LogP contribution >= 0.6 is 0 Å². The number of aromatic amines is 2. The van der Waals surface area contributed by atoms with Crippen LogP contribution in [-0.4, -0.2) is 29.9 Å². The topological polar surface area (TPSA) is 159 Å². The standard InChI is InChI=1S/C66H32N10/c1-70-48-22-37(34-69)21-47(23-48)58-60-50-25-39-11-3-2-10-38(39)24-49(50)59(71-60)57(46-19-35(32-67)18-36(20-46)33-68)61-51-26-40-12-4-6-14-42(40)28-53(51)63(72-61)74-65-55-30-44-16-8-9-17-45(44)31-56(55)66(76-65)75-64-54-29-43-15-7-5-13-41(43)27-52(54)62(58)73-64/h2-31H,(H2,72,73,74,75,76). The van der Waals surface area contributed by atoms with Gasteiger partial charge in [0.15, 0.2) is 17.3 Å². The van der Waals surface area contributed by atoms with Crippen LogP contribution in [0.25, 0.3) is 159 Å². The molecule has 0 atom stereocenters. The summed E-state index contributed by atoms with van der Waals surface area (Å²) in [7, 11) is 0. The number of hydrogen-bond donors (Lipinski definition) is 2. The second-order valence-corrected chi connectivity index (χ2v) is 19.2. The summed E-state index contributed by atoms with van der Waals surface area (Å²) in [4.78, 5) is 33.7.